The molecule has 1 amide bonds. The molecule has 0 aliphatic carbocycles. The number of aromatic hydroxyl groups is 1. The van der Waals surface area contributed by atoms with E-state index in [1.54, 1.807) is 26.0 Å². The summed E-state index contributed by atoms with van der Waals surface area (Å²) >= 11 is 0. The van der Waals surface area contributed by atoms with Crippen molar-refractivity contribution in [1.29, 1.82) is 0 Å². The van der Waals surface area contributed by atoms with Gasteiger partial charge in [-0.25, -0.2) is 0 Å². The van der Waals surface area contributed by atoms with Gasteiger partial charge in [0, 0.05) is 0 Å². The fraction of sp³-hybridized carbons (Fsp3) is 0.273. The molecule has 1 rings (SSSR count). The van der Waals surface area contributed by atoms with Crippen LogP contribution in [0.15, 0.2) is 23.4 Å². The van der Waals surface area contributed by atoms with Gasteiger partial charge < -0.3 is 21.4 Å². The number of oxime groups is 1. The zero-order chi connectivity index (χ0) is 13.0. The summed E-state index contributed by atoms with van der Waals surface area (Å²) in [6.45, 7) is 3.26. The smallest absolute Gasteiger partial charge is 0.255 e. The van der Waals surface area contributed by atoms with E-state index in [0.717, 1.165) is 0 Å². The number of amidine groups is 1. The highest BCUT2D eigenvalue weighted by atomic mass is 16.4. The minimum Gasteiger partial charge on any atom is -0.507 e. The van der Waals surface area contributed by atoms with Crippen molar-refractivity contribution in [1.82, 2.24) is 5.32 Å². The average Bonchev–Trinajstić information content (AvgIpc) is 2.31. The largest absolute Gasteiger partial charge is 0.507 e. The SMILES string of the molecule is Cc1cccc(C(=O)NC(C)/C(N)=N/O)c1O. The quantitative estimate of drug-likeness (QED) is 0.266. The second-order valence-corrected chi connectivity index (χ2v) is 3.69. The van der Waals surface area contributed by atoms with E-state index >= 15 is 0 Å². The van der Waals surface area contributed by atoms with E-state index < -0.39 is 11.9 Å². The lowest BCUT2D eigenvalue weighted by Crippen LogP contribution is -2.42. The molecule has 0 saturated carbocycles. The lowest BCUT2D eigenvalue weighted by Gasteiger charge is -2.13. The van der Waals surface area contributed by atoms with Crippen LogP contribution in [0.4, 0.5) is 0 Å². The Morgan fingerprint density at radius 1 is 1.53 bits per heavy atom. The van der Waals surface area contributed by atoms with E-state index in [4.69, 9.17) is 10.9 Å². The molecule has 0 bridgehead atoms. The summed E-state index contributed by atoms with van der Waals surface area (Å²) in [5.41, 5.74) is 6.09. The van der Waals surface area contributed by atoms with Crippen LogP contribution in [-0.4, -0.2) is 28.1 Å². The lowest BCUT2D eigenvalue weighted by atomic mass is 10.1. The molecule has 1 unspecified atom stereocenters. The minimum absolute atomic E-state index is 0.0725. The summed E-state index contributed by atoms with van der Waals surface area (Å²) in [4.78, 5) is 11.8. The number of rotatable bonds is 3. The number of hydrogen-bond donors (Lipinski definition) is 4. The predicted molar refractivity (Wildman–Crippen MR) is 63.2 cm³/mol. The van der Waals surface area contributed by atoms with Gasteiger partial charge in [0.2, 0.25) is 0 Å². The first kappa shape index (κ1) is 12.8. The molecule has 17 heavy (non-hydrogen) atoms. The molecule has 1 aromatic carbocycles. The van der Waals surface area contributed by atoms with E-state index in [-0.39, 0.29) is 17.1 Å². The molecule has 0 saturated heterocycles. The van der Waals surface area contributed by atoms with Gasteiger partial charge in [-0.15, -0.1) is 0 Å². The summed E-state index contributed by atoms with van der Waals surface area (Å²) in [5, 5.41) is 23.4. The Labute approximate surface area is 98.7 Å². The van der Waals surface area contributed by atoms with Crippen molar-refractivity contribution in [3.8, 4) is 5.75 Å². The standard InChI is InChI=1S/C11H15N3O3/c1-6-4-3-5-8(9(6)15)11(16)13-7(2)10(12)14-17/h3-5,7,15,17H,1-2H3,(H2,12,14)(H,13,16). The van der Waals surface area contributed by atoms with E-state index in [1.807, 2.05) is 0 Å². The van der Waals surface area contributed by atoms with Gasteiger partial charge in [0.15, 0.2) is 5.84 Å². The van der Waals surface area contributed by atoms with Crippen molar-refractivity contribution in [3.63, 3.8) is 0 Å². The number of benzene rings is 1. The fourth-order valence-corrected chi connectivity index (χ4v) is 1.28. The Bertz CT molecular complexity index is 457. The summed E-state index contributed by atoms with van der Waals surface area (Å²) in [6.07, 6.45) is 0. The highest BCUT2D eigenvalue weighted by Crippen LogP contribution is 2.21. The number of nitrogens with two attached hydrogens (primary N) is 1. The van der Waals surface area contributed by atoms with E-state index in [2.05, 4.69) is 10.5 Å². The second-order valence-electron chi connectivity index (χ2n) is 3.69. The van der Waals surface area contributed by atoms with Crippen LogP contribution in [0.25, 0.3) is 0 Å². The molecule has 6 nitrogen and oxygen atoms in total. The van der Waals surface area contributed by atoms with Gasteiger partial charge in [-0.2, -0.15) is 0 Å². The Hall–Kier alpha value is -2.24. The number of aryl methyl sites for hydroxylation is 1. The van der Waals surface area contributed by atoms with Crippen LogP contribution in [0, 0.1) is 6.92 Å². The normalized spacial score (nSPS) is 13.2. The van der Waals surface area contributed by atoms with Gasteiger partial charge in [0.25, 0.3) is 5.91 Å². The first-order valence-corrected chi connectivity index (χ1v) is 5.04. The minimum atomic E-state index is -0.618. The van der Waals surface area contributed by atoms with Crippen molar-refractivity contribution in [2.45, 2.75) is 19.9 Å². The maximum atomic E-state index is 11.8. The molecule has 0 heterocycles. The topological polar surface area (TPSA) is 108 Å². The number of hydrogen-bond acceptors (Lipinski definition) is 4. The molecule has 0 aliphatic rings. The van der Waals surface area contributed by atoms with Gasteiger partial charge in [-0.1, -0.05) is 17.3 Å². The average molecular weight is 237 g/mol. The van der Waals surface area contributed by atoms with Gasteiger partial charge in [-0.05, 0) is 25.5 Å². The Morgan fingerprint density at radius 3 is 2.76 bits per heavy atom. The molecule has 0 aromatic heterocycles. The molecule has 0 spiro atoms. The molecule has 1 aromatic rings. The lowest BCUT2D eigenvalue weighted by molar-refractivity contribution is 0.0946. The number of nitrogens with one attached hydrogen (secondary N) is 1. The van der Waals surface area contributed by atoms with E-state index in [1.165, 1.54) is 6.07 Å². The molecular formula is C11H15N3O3. The van der Waals surface area contributed by atoms with Crippen LogP contribution < -0.4 is 11.1 Å². The zero-order valence-corrected chi connectivity index (χ0v) is 9.64. The van der Waals surface area contributed by atoms with Gasteiger partial charge in [-0.3, -0.25) is 4.79 Å². The Kier molecular flexibility index (Phi) is 3.92. The molecule has 0 aliphatic heterocycles. The van der Waals surface area contributed by atoms with Crippen LogP contribution >= 0.6 is 0 Å². The van der Waals surface area contributed by atoms with Crippen LogP contribution in [0.5, 0.6) is 5.75 Å². The molecule has 0 radical (unpaired) electrons. The van der Waals surface area contributed by atoms with E-state index in [9.17, 15) is 9.90 Å². The van der Waals surface area contributed by atoms with E-state index in [0.29, 0.717) is 5.56 Å². The molecule has 6 heteroatoms. The third-order valence-corrected chi connectivity index (χ3v) is 2.39. The first-order valence-electron chi connectivity index (χ1n) is 5.04. The monoisotopic (exact) mass is 237 g/mol. The number of amides is 1. The molecule has 92 valence electrons. The fourth-order valence-electron chi connectivity index (χ4n) is 1.28. The van der Waals surface area contributed by atoms with Gasteiger partial charge in [0.05, 0.1) is 11.6 Å². The number of nitrogens with zero attached hydrogens (tertiary/aromatic N) is 1. The molecule has 5 N–H and O–H groups in total. The summed E-state index contributed by atoms with van der Waals surface area (Å²) in [5.74, 6) is -0.660. The van der Waals surface area contributed by atoms with Crippen LogP contribution in [0.3, 0.4) is 0 Å². The highest BCUT2D eigenvalue weighted by Gasteiger charge is 2.16. The van der Waals surface area contributed by atoms with Crippen molar-refractivity contribution >= 4 is 11.7 Å². The molecule has 1 atom stereocenters. The number of carbonyl (C=O) groups excluding carboxylic acids is 1. The highest BCUT2D eigenvalue weighted by molar-refractivity contribution is 6.00. The third-order valence-electron chi connectivity index (χ3n) is 2.39. The van der Waals surface area contributed by atoms with Crippen LogP contribution in [0.2, 0.25) is 0 Å². The third kappa shape index (κ3) is 2.87. The second kappa shape index (κ2) is 5.20. The summed E-state index contributed by atoms with van der Waals surface area (Å²) in [6, 6.07) is 4.24. The number of phenolic OH excluding ortho intramolecular Hbond substituents is 1. The Morgan fingerprint density at radius 2 is 2.18 bits per heavy atom. The zero-order valence-electron chi connectivity index (χ0n) is 9.64. The maximum absolute atomic E-state index is 11.8. The van der Waals surface area contributed by atoms with Crippen molar-refractivity contribution in [2.75, 3.05) is 0 Å². The number of para-hydroxylation sites is 1. The van der Waals surface area contributed by atoms with Crippen molar-refractivity contribution < 1.29 is 15.1 Å². The number of phenols is 1. The van der Waals surface area contributed by atoms with Crippen molar-refractivity contribution in [2.24, 2.45) is 10.9 Å². The summed E-state index contributed by atoms with van der Waals surface area (Å²) in [7, 11) is 0. The number of carbonyl (C=O) groups is 1. The molecule has 0 fully saturated rings. The Balaban J connectivity index is 2.88. The predicted octanol–water partition coefficient (Wildman–Crippen LogP) is 0.565. The van der Waals surface area contributed by atoms with Crippen LogP contribution in [-0.2, 0) is 0 Å². The summed E-state index contributed by atoms with van der Waals surface area (Å²) < 4.78 is 0. The maximum Gasteiger partial charge on any atom is 0.255 e. The van der Waals surface area contributed by atoms with Gasteiger partial charge >= 0.3 is 0 Å². The first-order chi connectivity index (χ1) is 7.97. The van der Waals surface area contributed by atoms with Crippen LogP contribution in [0.1, 0.15) is 22.8 Å². The van der Waals surface area contributed by atoms with Crippen molar-refractivity contribution in [3.05, 3.63) is 29.3 Å². The molecular weight excluding hydrogens is 222 g/mol. The van der Waals surface area contributed by atoms with Gasteiger partial charge in [0.1, 0.15) is 5.75 Å².